The van der Waals surface area contributed by atoms with E-state index in [2.05, 4.69) is 62.5 Å². The Kier molecular flexibility index (Phi) is 5.36. The van der Waals surface area contributed by atoms with Crippen LogP contribution in [-0.2, 0) is 6.54 Å². The van der Waals surface area contributed by atoms with Gasteiger partial charge in [0.2, 0.25) is 0 Å². The fourth-order valence-corrected chi connectivity index (χ4v) is 4.07. The number of para-hydroxylation sites is 1. The van der Waals surface area contributed by atoms with Crippen molar-refractivity contribution in [2.75, 3.05) is 7.11 Å². The fraction of sp³-hybridized carbons (Fsp3) is 0.115. The van der Waals surface area contributed by atoms with Crippen LogP contribution in [0.5, 0.6) is 5.75 Å². The van der Waals surface area contributed by atoms with Crippen molar-refractivity contribution in [2.24, 2.45) is 5.10 Å². The van der Waals surface area contributed by atoms with Crippen molar-refractivity contribution in [1.29, 1.82) is 0 Å². The Hall–Kier alpha value is -4.39. The molecule has 3 aromatic carbocycles. The molecule has 0 saturated carbocycles. The molecule has 0 aliphatic rings. The van der Waals surface area contributed by atoms with Crippen LogP contribution in [0.3, 0.4) is 0 Å². The molecule has 5 rings (SSSR count). The van der Waals surface area contributed by atoms with Crippen LogP contribution >= 0.6 is 0 Å². The molecular weight excluding hydrogens is 414 g/mol. The second kappa shape index (κ2) is 8.63. The number of ether oxygens (including phenoxy) is 1. The lowest BCUT2D eigenvalue weighted by atomic mass is 10.1. The number of carbonyl (C=O) groups excluding carboxylic acids is 1. The van der Waals surface area contributed by atoms with Crippen molar-refractivity contribution in [3.8, 4) is 17.0 Å². The highest BCUT2D eigenvalue weighted by Gasteiger charge is 2.11. The van der Waals surface area contributed by atoms with Gasteiger partial charge in [-0.1, -0.05) is 24.3 Å². The molecule has 5 aromatic rings. The van der Waals surface area contributed by atoms with E-state index in [1.807, 2.05) is 36.4 Å². The summed E-state index contributed by atoms with van der Waals surface area (Å²) in [7, 11) is 1.62. The van der Waals surface area contributed by atoms with Crippen LogP contribution in [0.15, 0.2) is 77.9 Å². The van der Waals surface area contributed by atoms with Crippen LogP contribution in [0.4, 0.5) is 0 Å². The largest absolute Gasteiger partial charge is 0.497 e. The van der Waals surface area contributed by atoms with Crippen molar-refractivity contribution in [3.05, 3.63) is 84.1 Å². The first-order chi connectivity index (χ1) is 16.2. The molecule has 0 fully saturated rings. The van der Waals surface area contributed by atoms with E-state index in [1.165, 1.54) is 21.8 Å². The minimum Gasteiger partial charge on any atom is -0.497 e. The molecule has 0 aliphatic heterocycles. The number of nitrogens with zero attached hydrogens (tertiary/aromatic N) is 3. The van der Waals surface area contributed by atoms with Crippen LogP contribution in [0.1, 0.15) is 23.0 Å². The number of rotatable bonds is 6. The Bertz CT molecular complexity index is 1480. The zero-order valence-electron chi connectivity index (χ0n) is 18.4. The average Bonchev–Trinajstić information content (AvgIpc) is 3.47. The number of aryl methyl sites for hydroxylation is 1. The van der Waals surface area contributed by atoms with Crippen LogP contribution in [0, 0.1) is 0 Å². The van der Waals surface area contributed by atoms with Gasteiger partial charge in [0.15, 0.2) is 0 Å². The third kappa shape index (κ3) is 3.85. The van der Waals surface area contributed by atoms with E-state index in [9.17, 15) is 4.79 Å². The lowest BCUT2D eigenvalue weighted by molar-refractivity contribution is 0.0950. The quantitative estimate of drug-likeness (QED) is 0.290. The number of amides is 1. The summed E-state index contributed by atoms with van der Waals surface area (Å²) in [5, 5.41) is 13.5. The molecule has 2 N–H and O–H groups in total. The summed E-state index contributed by atoms with van der Waals surface area (Å²) in [4.78, 5) is 12.5. The molecule has 2 aromatic heterocycles. The maximum absolute atomic E-state index is 12.5. The molecule has 7 heteroatoms. The van der Waals surface area contributed by atoms with Crippen LogP contribution in [0.25, 0.3) is 33.1 Å². The van der Waals surface area contributed by atoms with Crippen LogP contribution in [-0.4, -0.2) is 34.0 Å². The Balaban J connectivity index is 1.32. The number of hydrogen-bond acceptors (Lipinski definition) is 4. The van der Waals surface area contributed by atoms with E-state index in [1.54, 1.807) is 19.4 Å². The highest BCUT2D eigenvalue weighted by Crippen LogP contribution is 2.29. The van der Waals surface area contributed by atoms with E-state index in [0.29, 0.717) is 11.4 Å². The highest BCUT2D eigenvalue weighted by atomic mass is 16.5. The Morgan fingerprint density at radius 3 is 2.64 bits per heavy atom. The Labute approximate surface area is 190 Å². The third-order valence-corrected chi connectivity index (χ3v) is 5.70. The summed E-state index contributed by atoms with van der Waals surface area (Å²) in [6.07, 6.45) is 1.65. The second-order valence-electron chi connectivity index (χ2n) is 7.63. The summed E-state index contributed by atoms with van der Waals surface area (Å²) in [6, 6.07) is 23.7. The predicted octanol–water partition coefficient (Wildman–Crippen LogP) is 4.98. The number of carbonyl (C=O) groups is 1. The maximum atomic E-state index is 12.5. The van der Waals surface area contributed by atoms with Gasteiger partial charge in [-0.2, -0.15) is 10.2 Å². The van der Waals surface area contributed by atoms with Gasteiger partial charge < -0.3 is 9.30 Å². The number of fused-ring (bicyclic) bond motifs is 3. The highest BCUT2D eigenvalue weighted by molar-refractivity contribution is 6.09. The first-order valence-corrected chi connectivity index (χ1v) is 10.7. The molecule has 0 bridgehead atoms. The zero-order chi connectivity index (χ0) is 22.8. The van der Waals surface area contributed by atoms with Crippen LogP contribution < -0.4 is 10.2 Å². The molecule has 0 radical (unpaired) electrons. The monoisotopic (exact) mass is 437 g/mol. The van der Waals surface area contributed by atoms with Gasteiger partial charge >= 0.3 is 0 Å². The van der Waals surface area contributed by atoms with Crippen molar-refractivity contribution < 1.29 is 9.53 Å². The van der Waals surface area contributed by atoms with Gasteiger partial charge in [0, 0.05) is 33.9 Å². The fourth-order valence-electron chi connectivity index (χ4n) is 4.07. The van der Waals surface area contributed by atoms with Crippen molar-refractivity contribution in [2.45, 2.75) is 13.5 Å². The molecule has 33 heavy (non-hydrogen) atoms. The zero-order valence-corrected chi connectivity index (χ0v) is 18.4. The number of methoxy groups -OCH3 is 1. The van der Waals surface area contributed by atoms with Gasteiger partial charge in [0.25, 0.3) is 5.91 Å². The molecule has 0 spiro atoms. The summed E-state index contributed by atoms with van der Waals surface area (Å²) in [5.74, 6) is 0.404. The number of benzene rings is 3. The van der Waals surface area contributed by atoms with Crippen molar-refractivity contribution in [3.63, 3.8) is 0 Å². The van der Waals surface area contributed by atoms with Gasteiger partial charge in [0.05, 0.1) is 19.0 Å². The van der Waals surface area contributed by atoms with Gasteiger partial charge in [-0.15, -0.1) is 0 Å². The normalized spacial score (nSPS) is 11.5. The van der Waals surface area contributed by atoms with E-state index in [0.717, 1.165) is 23.4 Å². The van der Waals surface area contributed by atoms with E-state index in [4.69, 9.17) is 4.74 Å². The first-order valence-electron chi connectivity index (χ1n) is 10.7. The smallest absolute Gasteiger partial charge is 0.289 e. The van der Waals surface area contributed by atoms with Gasteiger partial charge in [-0.3, -0.25) is 9.89 Å². The van der Waals surface area contributed by atoms with Gasteiger partial charge in [-0.25, -0.2) is 5.43 Å². The number of aromatic amines is 1. The number of nitrogens with one attached hydrogen (secondary N) is 2. The van der Waals surface area contributed by atoms with E-state index < -0.39 is 0 Å². The van der Waals surface area contributed by atoms with Crippen molar-refractivity contribution >= 4 is 33.9 Å². The molecule has 0 saturated heterocycles. The average molecular weight is 438 g/mol. The summed E-state index contributed by atoms with van der Waals surface area (Å²) in [6.45, 7) is 3.04. The lowest BCUT2D eigenvalue weighted by Gasteiger charge is -2.02. The molecule has 0 aliphatic carbocycles. The van der Waals surface area contributed by atoms with Gasteiger partial charge in [-0.05, 0) is 61.0 Å². The number of hydrazone groups is 1. The number of aromatic nitrogens is 3. The topological polar surface area (TPSA) is 84.3 Å². The molecule has 0 unspecified atom stereocenters. The predicted molar refractivity (Wildman–Crippen MR) is 131 cm³/mol. The summed E-state index contributed by atoms with van der Waals surface area (Å²) >= 11 is 0. The molecule has 0 atom stereocenters. The lowest BCUT2D eigenvalue weighted by Crippen LogP contribution is -2.17. The molecule has 2 heterocycles. The molecular formula is C26H23N5O2. The van der Waals surface area contributed by atoms with E-state index >= 15 is 0 Å². The summed E-state index contributed by atoms with van der Waals surface area (Å²) < 4.78 is 7.47. The Morgan fingerprint density at radius 2 is 1.85 bits per heavy atom. The van der Waals surface area contributed by atoms with Crippen LogP contribution in [0.2, 0.25) is 0 Å². The molecule has 7 nitrogen and oxygen atoms in total. The maximum Gasteiger partial charge on any atom is 0.289 e. The number of H-pyrrole nitrogens is 1. The minimum absolute atomic E-state index is 0.333. The minimum atomic E-state index is -0.359. The molecule has 164 valence electrons. The third-order valence-electron chi connectivity index (χ3n) is 5.70. The Morgan fingerprint density at radius 1 is 1.06 bits per heavy atom. The van der Waals surface area contributed by atoms with Gasteiger partial charge in [0.1, 0.15) is 11.4 Å². The number of hydrogen-bond donors (Lipinski definition) is 2. The van der Waals surface area contributed by atoms with E-state index in [-0.39, 0.29) is 5.91 Å². The first kappa shape index (κ1) is 20.5. The standard InChI is InChI=1S/C26H23N5O2/c1-3-31-24-7-5-4-6-20(24)21-14-17(8-13-25(21)31)16-27-30-26(32)23-15-22(28-29-23)18-9-11-19(33-2)12-10-18/h4-16H,3H2,1-2H3,(H,28,29)(H,30,32)/b27-16-. The summed E-state index contributed by atoms with van der Waals surface area (Å²) in [5.41, 5.74) is 7.76. The molecule has 1 amide bonds. The second-order valence-corrected chi connectivity index (χ2v) is 7.63. The van der Waals surface area contributed by atoms with Crippen molar-refractivity contribution in [1.82, 2.24) is 20.2 Å². The SMILES string of the molecule is CCn1c2ccccc2c2cc(/C=N\NC(=O)c3cc(-c4ccc(OC)cc4)n[nH]3)ccc21.